The number of nitrogens with one attached hydrogen (secondary N) is 2. The van der Waals surface area contributed by atoms with E-state index >= 15 is 0 Å². The number of aliphatic hydroxyl groups excluding tert-OH is 1. The molecule has 3 unspecified atom stereocenters. The highest BCUT2D eigenvalue weighted by atomic mass is 16.3. The zero-order valence-corrected chi connectivity index (χ0v) is 27.3. The first kappa shape index (κ1) is 36.0. The van der Waals surface area contributed by atoms with Crippen LogP contribution in [0.2, 0.25) is 0 Å². The first-order valence-electron chi connectivity index (χ1n) is 16.3. The maximum Gasteiger partial charge on any atom is 0.0677 e. The van der Waals surface area contributed by atoms with Crippen LogP contribution in [0, 0.1) is 11.8 Å². The van der Waals surface area contributed by atoms with E-state index in [1.54, 1.807) is 0 Å². The minimum atomic E-state index is -0.188. The van der Waals surface area contributed by atoms with E-state index in [1.807, 2.05) is 48.6 Å². The normalized spacial score (nSPS) is 25.3. The summed E-state index contributed by atoms with van der Waals surface area (Å²) in [5, 5.41) is 17.5. The second-order valence-corrected chi connectivity index (χ2v) is 10.6. The third-order valence-corrected chi connectivity index (χ3v) is 8.15. The molecule has 3 N–H and O–H groups in total. The summed E-state index contributed by atoms with van der Waals surface area (Å²) in [5.41, 5.74) is 6.49. The molecule has 1 fully saturated rings. The fourth-order valence-electron chi connectivity index (χ4n) is 5.79. The summed E-state index contributed by atoms with van der Waals surface area (Å²) >= 11 is 0. The Morgan fingerprint density at radius 1 is 1.02 bits per heavy atom. The zero-order valence-electron chi connectivity index (χ0n) is 27.3. The lowest BCUT2D eigenvalue weighted by molar-refractivity contribution is 0.115. The van der Waals surface area contributed by atoms with Gasteiger partial charge in [-0.25, -0.2) is 0 Å². The van der Waals surface area contributed by atoms with Crippen molar-refractivity contribution in [1.29, 1.82) is 0 Å². The second kappa shape index (κ2) is 20.8. The monoisotopic (exact) mass is 551 g/mol. The van der Waals surface area contributed by atoms with Crippen molar-refractivity contribution < 1.29 is 5.11 Å². The number of pyridine rings is 1. The fraction of sp³-hybridized carbons (Fsp3) is 0.639. The van der Waals surface area contributed by atoms with Gasteiger partial charge in [-0.2, -0.15) is 0 Å². The maximum absolute atomic E-state index is 10.6. The quantitative estimate of drug-likeness (QED) is 0.288. The van der Waals surface area contributed by atoms with Crippen molar-refractivity contribution in [2.75, 3.05) is 13.6 Å². The molecule has 0 radical (unpaired) electrons. The van der Waals surface area contributed by atoms with Crippen molar-refractivity contribution in [3.05, 3.63) is 71.1 Å². The van der Waals surface area contributed by atoms with Crippen molar-refractivity contribution >= 4 is 5.57 Å². The lowest BCUT2D eigenvalue weighted by Crippen LogP contribution is -2.25. The molecule has 0 spiro atoms. The average Bonchev–Trinajstić information content (AvgIpc) is 3.35. The molecule has 2 aliphatic carbocycles. The van der Waals surface area contributed by atoms with Crippen LogP contribution in [0.25, 0.3) is 5.57 Å². The van der Waals surface area contributed by atoms with Crippen molar-refractivity contribution in [3.8, 4) is 0 Å². The first-order chi connectivity index (χ1) is 19.5. The number of nitrogens with zero attached hydrogens (tertiary/aromatic N) is 1. The van der Waals surface area contributed by atoms with Gasteiger partial charge in [-0.15, -0.1) is 0 Å². The molecule has 226 valence electrons. The summed E-state index contributed by atoms with van der Waals surface area (Å²) in [6.07, 6.45) is 19.4. The van der Waals surface area contributed by atoms with Crippen LogP contribution in [0.3, 0.4) is 0 Å². The van der Waals surface area contributed by atoms with E-state index in [1.165, 1.54) is 48.1 Å². The van der Waals surface area contributed by atoms with E-state index < -0.39 is 0 Å². The van der Waals surface area contributed by atoms with Crippen molar-refractivity contribution in [2.45, 2.75) is 125 Å². The molecule has 3 aliphatic rings. The molecule has 0 saturated heterocycles. The second-order valence-electron chi connectivity index (χ2n) is 10.6. The van der Waals surface area contributed by atoms with Gasteiger partial charge in [0.1, 0.15) is 0 Å². The summed E-state index contributed by atoms with van der Waals surface area (Å²) in [5.74, 6) is 1.39. The predicted octanol–water partition coefficient (Wildman–Crippen LogP) is 8.45. The summed E-state index contributed by atoms with van der Waals surface area (Å²) in [6.45, 7) is 17.4. The molecule has 3 atom stereocenters. The van der Waals surface area contributed by atoms with Gasteiger partial charge < -0.3 is 15.7 Å². The van der Waals surface area contributed by atoms with Gasteiger partial charge in [0.05, 0.1) is 17.8 Å². The number of likely N-dealkylation sites (N-methyl/N-ethyl adjacent to an activating group) is 1. The van der Waals surface area contributed by atoms with Crippen LogP contribution in [-0.4, -0.2) is 41.9 Å². The minimum absolute atomic E-state index is 0.188. The molecule has 1 aromatic heterocycles. The molecular weight excluding hydrogens is 490 g/mol. The number of hydrogen-bond donors (Lipinski definition) is 3. The Kier molecular flexibility index (Phi) is 18.7. The Labute approximate surface area is 247 Å². The average molecular weight is 552 g/mol. The van der Waals surface area contributed by atoms with E-state index in [0.29, 0.717) is 18.0 Å². The van der Waals surface area contributed by atoms with Crippen LogP contribution in [0.4, 0.5) is 0 Å². The smallest absolute Gasteiger partial charge is 0.0677 e. The lowest BCUT2D eigenvalue weighted by Gasteiger charge is -2.29. The molecule has 0 aromatic carbocycles. The standard InChI is InChI=1S/C30H43N3O.3C2H6/c1-21-22(2)32-20-28(21)30-13-7-10-26(33-30)18-23-14-16-24(17-15-23)19-27(34)11-6-9-25-8-4-5-12-29(25)31-3;3*1-2/h4-5,7-10,12-13,22-24,27,29,31-32,34H,6,11,14-20H2,1-3H3;3*1-2H3/b25-9-;;;. The largest absolute Gasteiger partial charge is 0.393 e. The van der Waals surface area contributed by atoms with Crippen molar-refractivity contribution in [3.63, 3.8) is 0 Å². The molecule has 40 heavy (non-hydrogen) atoms. The molecule has 2 heterocycles. The lowest BCUT2D eigenvalue weighted by atomic mass is 9.77. The zero-order chi connectivity index (χ0) is 29.9. The van der Waals surface area contributed by atoms with Gasteiger partial charge in [0.25, 0.3) is 0 Å². The first-order valence-corrected chi connectivity index (χ1v) is 16.3. The van der Waals surface area contributed by atoms with Crippen LogP contribution in [0.5, 0.6) is 0 Å². The highest BCUT2D eigenvalue weighted by Gasteiger charge is 2.24. The van der Waals surface area contributed by atoms with E-state index in [9.17, 15) is 5.11 Å². The molecular formula is C36H61N3O. The maximum atomic E-state index is 10.6. The van der Waals surface area contributed by atoms with Crippen LogP contribution in [-0.2, 0) is 6.42 Å². The van der Waals surface area contributed by atoms with E-state index in [0.717, 1.165) is 43.8 Å². The number of allylic oxidation sites excluding steroid dienone is 3. The van der Waals surface area contributed by atoms with Crippen LogP contribution < -0.4 is 10.6 Å². The summed E-state index contributed by atoms with van der Waals surface area (Å²) in [4.78, 5) is 5.03. The summed E-state index contributed by atoms with van der Waals surface area (Å²) in [6, 6.07) is 7.29. The molecule has 4 nitrogen and oxygen atoms in total. The number of hydrogen-bond acceptors (Lipinski definition) is 4. The van der Waals surface area contributed by atoms with E-state index in [4.69, 9.17) is 4.98 Å². The molecule has 0 amide bonds. The SMILES string of the molecule is CC.CC.CC.CNC1C=CC=C/C1=C/CCC(O)CC1CCC(Cc2cccc(C3=C(C)C(C)NC3)n2)CC1. The molecule has 1 aromatic rings. The number of aromatic nitrogens is 1. The predicted molar refractivity (Wildman–Crippen MR) is 177 cm³/mol. The molecule has 4 rings (SSSR count). The Bertz CT molecular complexity index is 937. The fourth-order valence-corrected chi connectivity index (χ4v) is 5.79. The Balaban J connectivity index is 0.00000125. The Morgan fingerprint density at radius 3 is 2.33 bits per heavy atom. The van der Waals surface area contributed by atoms with Gasteiger partial charge in [-0.3, -0.25) is 4.98 Å². The number of rotatable bonds is 9. The van der Waals surface area contributed by atoms with Gasteiger partial charge in [0.2, 0.25) is 0 Å². The summed E-state index contributed by atoms with van der Waals surface area (Å²) in [7, 11) is 1.99. The van der Waals surface area contributed by atoms with Gasteiger partial charge >= 0.3 is 0 Å². The minimum Gasteiger partial charge on any atom is -0.393 e. The van der Waals surface area contributed by atoms with Crippen molar-refractivity contribution in [2.24, 2.45) is 11.8 Å². The van der Waals surface area contributed by atoms with Gasteiger partial charge in [-0.1, -0.05) is 96.4 Å². The Hall–Kier alpha value is -2.01. The molecule has 1 saturated carbocycles. The van der Waals surface area contributed by atoms with Crippen LogP contribution >= 0.6 is 0 Å². The Morgan fingerprint density at radius 2 is 1.70 bits per heavy atom. The topological polar surface area (TPSA) is 57.2 Å². The van der Waals surface area contributed by atoms with Crippen LogP contribution in [0.15, 0.2) is 59.7 Å². The third-order valence-electron chi connectivity index (χ3n) is 8.15. The van der Waals surface area contributed by atoms with Crippen molar-refractivity contribution in [1.82, 2.24) is 15.6 Å². The highest BCUT2D eigenvalue weighted by molar-refractivity contribution is 5.70. The van der Waals surface area contributed by atoms with Gasteiger partial charge in [0.15, 0.2) is 0 Å². The van der Waals surface area contributed by atoms with Crippen LogP contribution in [0.1, 0.15) is 112 Å². The highest BCUT2D eigenvalue weighted by Crippen LogP contribution is 2.34. The number of aliphatic hydroxyl groups is 1. The van der Waals surface area contributed by atoms with E-state index in [2.05, 4.69) is 73.1 Å². The van der Waals surface area contributed by atoms with Gasteiger partial charge in [-0.05, 0) is 94.5 Å². The molecule has 1 aliphatic heterocycles. The summed E-state index contributed by atoms with van der Waals surface area (Å²) < 4.78 is 0. The van der Waals surface area contributed by atoms with E-state index in [-0.39, 0.29) is 6.10 Å². The molecule has 4 heteroatoms. The third kappa shape index (κ3) is 11.5. The van der Waals surface area contributed by atoms with Gasteiger partial charge in [0, 0.05) is 18.3 Å². The molecule has 0 bridgehead atoms.